The lowest BCUT2D eigenvalue weighted by Crippen LogP contribution is -2.34. The van der Waals surface area contributed by atoms with Gasteiger partial charge < -0.3 is 29.7 Å². The first-order chi connectivity index (χ1) is 14.5. The highest BCUT2D eigenvalue weighted by Crippen LogP contribution is 2.27. The number of nitrogens with zero attached hydrogens (tertiary/aromatic N) is 3. The fourth-order valence-corrected chi connectivity index (χ4v) is 3.29. The summed E-state index contributed by atoms with van der Waals surface area (Å²) in [6, 6.07) is 4.46. The molecule has 0 aliphatic rings. The Labute approximate surface area is 170 Å². The maximum atomic E-state index is 12.6. The maximum absolute atomic E-state index is 12.6. The molecule has 1 unspecified atom stereocenters. The third-order valence-corrected chi connectivity index (χ3v) is 4.76. The van der Waals surface area contributed by atoms with Gasteiger partial charge in [0.25, 0.3) is 5.56 Å². The summed E-state index contributed by atoms with van der Waals surface area (Å²) in [5.74, 6) is -0.309. The van der Waals surface area contributed by atoms with Gasteiger partial charge in [-0.1, -0.05) is 0 Å². The normalized spacial score (nSPS) is 12.1. The molecule has 0 aliphatic carbocycles. The molecule has 0 aliphatic heterocycles. The smallest absolute Gasteiger partial charge is 0.330 e. The number of pyridine rings is 1. The van der Waals surface area contributed by atoms with Gasteiger partial charge in [-0.05, 0) is 30.7 Å². The summed E-state index contributed by atoms with van der Waals surface area (Å²) in [4.78, 5) is 39.0. The number of ether oxygens (including phenoxy) is 1. The quantitative estimate of drug-likeness (QED) is 0.353. The highest BCUT2D eigenvalue weighted by atomic mass is 16.5. The predicted octanol–water partition coefficient (Wildman–Crippen LogP) is 1.36. The summed E-state index contributed by atoms with van der Waals surface area (Å²) in [5, 5.41) is 12.4. The number of rotatable bonds is 6. The van der Waals surface area contributed by atoms with Crippen LogP contribution in [0.5, 0.6) is 0 Å². The number of carbonyl (C=O) groups excluding carboxylic acids is 1. The van der Waals surface area contributed by atoms with Crippen LogP contribution in [0, 0.1) is 6.92 Å². The van der Waals surface area contributed by atoms with Crippen LogP contribution in [0.3, 0.4) is 0 Å². The number of imidazole rings is 2. The molecule has 0 saturated carbocycles. The number of fused-ring (bicyclic) bond motifs is 1. The van der Waals surface area contributed by atoms with Crippen molar-refractivity contribution in [3.8, 4) is 17.1 Å². The SMILES string of the molecule is COC(=O)C(CO)Nc1cc[nH]c(=O)c1-c1nc2c(C)cc(-n3ccnc3)cc2[nH]1. The van der Waals surface area contributed by atoms with E-state index in [0.29, 0.717) is 11.5 Å². The molecule has 4 rings (SSSR count). The van der Waals surface area contributed by atoms with Gasteiger partial charge in [-0.2, -0.15) is 0 Å². The van der Waals surface area contributed by atoms with Crippen molar-refractivity contribution in [2.45, 2.75) is 13.0 Å². The van der Waals surface area contributed by atoms with E-state index in [0.717, 1.165) is 22.3 Å². The average molecular weight is 408 g/mol. The Morgan fingerprint density at radius 2 is 2.23 bits per heavy atom. The van der Waals surface area contributed by atoms with Crippen LogP contribution in [0.25, 0.3) is 28.1 Å². The Bertz CT molecular complexity index is 1260. The molecule has 4 N–H and O–H groups in total. The predicted molar refractivity (Wildman–Crippen MR) is 111 cm³/mol. The highest BCUT2D eigenvalue weighted by Gasteiger charge is 2.22. The molecule has 10 heteroatoms. The minimum absolute atomic E-state index is 0.222. The molecule has 0 spiro atoms. The highest BCUT2D eigenvalue weighted by molar-refractivity contribution is 5.87. The van der Waals surface area contributed by atoms with Crippen molar-refractivity contribution in [1.29, 1.82) is 0 Å². The van der Waals surface area contributed by atoms with Crippen LogP contribution < -0.4 is 10.9 Å². The number of H-pyrrole nitrogens is 2. The molecule has 0 bridgehead atoms. The number of aliphatic hydroxyl groups excluding tert-OH is 1. The Balaban J connectivity index is 1.82. The number of benzene rings is 1. The molecule has 3 heterocycles. The van der Waals surface area contributed by atoms with Gasteiger partial charge in [0.15, 0.2) is 0 Å². The Morgan fingerprint density at radius 1 is 1.40 bits per heavy atom. The summed E-state index contributed by atoms with van der Waals surface area (Å²) >= 11 is 0. The molecule has 154 valence electrons. The van der Waals surface area contributed by atoms with Gasteiger partial charge in [0.05, 0.1) is 36.8 Å². The molecule has 0 saturated heterocycles. The molecule has 0 radical (unpaired) electrons. The number of aryl methyl sites for hydroxylation is 1. The van der Waals surface area contributed by atoms with E-state index in [9.17, 15) is 14.7 Å². The van der Waals surface area contributed by atoms with Crippen LogP contribution in [0.2, 0.25) is 0 Å². The number of aromatic amines is 2. The fourth-order valence-electron chi connectivity index (χ4n) is 3.29. The monoisotopic (exact) mass is 408 g/mol. The molecule has 0 fully saturated rings. The minimum Gasteiger partial charge on any atom is -0.467 e. The largest absolute Gasteiger partial charge is 0.467 e. The van der Waals surface area contributed by atoms with Crippen LogP contribution in [0.4, 0.5) is 5.69 Å². The van der Waals surface area contributed by atoms with Crippen molar-refractivity contribution in [2.24, 2.45) is 0 Å². The van der Waals surface area contributed by atoms with E-state index in [-0.39, 0.29) is 5.56 Å². The van der Waals surface area contributed by atoms with Gasteiger partial charge in [-0.25, -0.2) is 14.8 Å². The zero-order valence-electron chi connectivity index (χ0n) is 16.3. The van der Waals surface area contributed by atoms with Crippen LogP contribution in [-0.4, -0.2) is 55.3 Å². The first kappa shape index (κ1) is 19.4. The van der Waals surface area contributed by atoms with Gasteiger partial charge in [-0.3, -0.25) is 4.79 Å². The van der Waals surface area contributed by atoms with Crippen LogP contribution >= 0.6 is 0 Å². The van der Waals surface area contributed by atoms with E-state index >= 15 is 0 Å². The lowest BCUT2D eigenvalue weighted by Gasteiger charge is -2.16. The molecule has 10 nitrogen and oxygen atoms in total. The zero-order valence-corrected chi connectivity index (χ0v) is 16.3. The van der Waals surface area contributed by atoms with Crippen molar-refractivity contribution in [3.63, 3.8) is 0 Å². The van der Waals surface area contributed by atoms with E-state index in [2.05, 4.69) is 30.0 Å². The minimum atomic E-state index is -1.02. The van der Waals surface area contributed by atoms with Crippen LogP contribution in [0.1, 0.15) is 5.56 Å². The first-order valence-corrected chi connectivity index (χ1v) is 9.17. The average Bonchev–Trinajstić information content (AvgIpc) is 3.41. The van der Waals surface area contributed by atoms with Gasteiger partial charge >= 0.3 is 5.97 Å². The second-order valence-electron chi connectivity index (χ2n) is 6.71. The molecule has 3 aromatic heterocycles. The number of esters is 1. The number of nitrogens with one attached hydrogen (secondary N) is 3. The number of anilines is 1. The number of carbonyl (C=O) groups is 1. The molecule has 1 atom stereocenters. The lowest BCUT2D eigenvalue weighted by molar-refractivity contribution is -0.142. The summed E-state index contributed by atoms with van der Waals surface area (Å²) in [6.07, 6.45) is 6.68. The Kier molecular flexibility index (Phi) is 5.07. The van der Waals surface area contributed by atoms with Gasteiger partial charge in [-0.15, -0.1) is 0 Å². The second-order valence-corrected chi connectivity index (χ2v) is 6.71. The van der Waals surface area contributed by atoms with Crippen molar-refractivity contribution in [2.75, 3.05) is 19.0 Å². The number of hydrogen-bond acceptors (Lipinski definition) is 7. The zero-order chi connectivity index (χ0) is 21.3. The van der Waals surface area contributed by atoms with Gasteiger partial charge in [0.1, 0.15) is 17.4 Å². The molecular weight excluding hydrogens is 388 g/mol. The van der Waals surface area contributed by atoms with Crippen molar-refractivity contribution in [1.82, 2.24) is 24.5 Å². The Hall–Kier alpha value is -3.92. The Morgan fingerprint density at radius 3 is 2.93 bits per heavy atom. The molecule has 30 heavy (non-hydrogen) atoms. The van der Waals surface area contributed by atoms with Crippen molar-refractivity contribution < 1.29 is 14.6 Å². The third-order valence-electron chi connectivity index (χ3n) is 4.76. The summed E-state index contributed by atoms with van der Waals surface area (Å²) in [6.45, 7) is 1.44. The number of aliphatic hydroxyl groups is 1. The number of aromatic nitrogens is 5. The van der Waals surface area contributed by atoms with E-state index in [1.165, 1.54) is 13.3 Å². The van der Waals surface area contributed by atoms with Gasteiger partial charge in [0, 0.05) is 24.3 Å². The lowest BCUT2D eigenvalue weighted by atomic mass is 10.2. The van der Waals surface area contributed by atoms with Gasteiger partial charge in [0.2, 0.25) is 0 Å². The topological polar surface area (TPSA) is 138 Å². The fraction of sp³-hybridized carbons (Fsp3) is 0.200. The maximum Gasteiger partial charge on any atom is 0.330 e. The van der Waals surface area contributed by atoms with Crippen molar-refractivity contribution >= 4 is 22.7 Å². The van der Waals surface area contributed by atoms with E-state index < -0.39 is 24.2 Å². The summed E-state index contributed by atoms with van der Waals surface area (Å²) < 4.78 is 6.56. The molecular formula is C20H20N6O4. The van der Waals surface area contributed by atoms with E-state index in [1.807, 2.05) is 29.8 Å². The van der Waals surface area contributed by atoms with Crippen LogP contribution in [-0.2, 0) is 9.53 Å². The molecule has 4 aromatic rings. The van der Waals surface area contributed by atoms with Crippen LogP contribution in [0.15, 0.2) is 47.9 Å². The van der Waals surface area contributed by atoms with Crippen molar-refractivity contribution in [3.05, 3.63) is 59.0 Å². The summed E-state index contributed by atoms with van der Waals surface area (Å²) in [7, 11) is 1.23. The second kappa shape index (κ2) is 7.84. The number of methoxy groups -OCH3 is 1. The standard InChI is InChI=1S/C20H20N6O4/c1-11-7-12(26-6-5-21-10-26)8-14-17(11)25-18(24-14)16-13(3-4-22-19(16)28)23-15(9-27)20(29)30-2/h3-8,10,15,27H,9H2,1-2H3,(H,24,25)(H2,22,23,28). The molecule has 0 amide bonds. The number of hydrogen-bond donors (Lipinski definition) is 4. The molecule has 1 aromatic carbocycles. The van der Waals surface area contributed by atoms with E-state index in [1.54, 1.807) is 18.6 Å². The summed E-state index contributed by atoms with van der Waals surface area (Å²) in [5.41, 5.74) is 3.45. The third kappa shape index (κ3) is 3.44. The first-order valence-electron chi connectivity index (χ1n) is 9.17. The van der Waals surface area contributed by atoms with E-state index in [4.69, 9.17) is 0 Å².